The molecular formula is C17H25NO3. The van der Waals surface area contributed by atoms with Crippen molar-refractivity contribution in [3.05, 3.63) is 12.7 Å². The Bertz CT molecular complexity index is 468. The Kier molecular flexibility index (Phi) is 3.38. The molecule has 116 valence electrons. The average Bonchev–Trinajstić information content (AvgIpc) is 2.40. The van der Waals surface area contributed by atoms with E-state index in [9.17, 15) is 9.59 Å². The summed E-state index contributed by atoms with van der Waals surface area (Å²) in [5.41, 5.74) is 0.117. The summed E-state index contributed by atoms with van der Waals surface area (Å²) in [6.45, 7) is 7.80. The van der Waals surface area contributed by atoms with Gasteiger partial charge in [-0.3, -0.25) is 9.59 Å². The Balaban J connectivity index is 1.66. The SMILES string of the molecule is C=CC(=O)NCC(=O)OC1(C)C2CC3CC1CC(C)(C3)C2. The zero-order valence-corrected chi connectivity index (χ0v) is 13.0. The van der Waals surface area contributed by atoms with Crippen molar-refractivity contribution < 1.29 is 14.3 Å². The van der Waals surface area contributed by atoms with Crippen LogP contribution < -0.4 is 5.32 Å². The summed E-state index contributed by atoms with van der Waals surface area (Å²) in [5.74, 6) is 1.11. The normalized spacial score (nSPS) is 43.4. The van der Waals surface area contributed by atoms with E-state index in [1.165, 1.54) is 38.2 Å². The van der Waals surface area contributed by atoms with Gasteiger partial charge in [-0.25, -0.2) is 0 Å². The number of nitrogens with one attached hydrogen (secondary N) is 1. The maximum absolute atomic E-state index is 12.1. The van der Waals surface area contributed by atoms with E-state index < -0.39 is 0 Å². The topological polar surface area (TPSA) is 55.4 Å². The lowest BCUT2D eigenvalue weighted by Gasteiger charge is -2.62. The van der Waals surface area contributed by atoms with Gasteiger partial charge < -0.3 is 10.1 Å². The van der Waals surface area contributed by atoms with Crippen LogP contribution in [0.1, 0.15) is 46.0 Å². The van der Waals surface area contributed by atoms with Gasteiger partial charge >= 0.3 is 5.97 Å². The van der Waals surface area contributed by atoms with E-state index in [-0.39, 0.29) is 24.0 Å². The zero-order chi connectivity index (χ0) is 15.3. The highest BCUT2D eigenvalue weighted by molar-refractivity contribution is 5.89. The number of carbonyl (C=O) groups is 2. The number of esters is 1. The van der Waals surface area contributed by atoms with Gasteiger partial charge in [-0.05, 0) is 68.3 Å². The molecule has 21 heavy (non-hydrogen) atoms. The molecule has 0 radical (unpaired) electrons. The van der Waals surface area contributed by atoms with Crippen LogP contribution in [0.15, 0.2) is 12.7 Å². The van der Waals surface area contributed by atoms with Crippen LogP contribution in [0.5, 0.6) is 0 Å². The molecule has 0 spiro atoms. The van der Waals surface area contributed by atoms with Gasteiger partial charge in [-0.1, -0.05) is 13.5 Å². The largest absolute Gasteiger partial charge is 0.457 e. The number of amides is 1. The maximum Gasteiger partial charge on any atom is 0.325 e. The van der Waals surface area contributed by atoms with Crippen LogP contribution >= 0.6 is 0 Å². The molecule has 2 unspecified atom stereocenters. The van der Waals surface area contributed by atoms with E-state index in [1.807, 2.05) is 0 Å². The summed E-state index contributed by atoms with van der Waals surface area (Å²) in [6.07, 6.45) is 7.23. The molecule has 1 amide bonds. The molecule has 4 saturated carbocycles. The fourth-order valence-corrected chi connectivity index (χ4v) is 5.26. The first kappa shape index (κ1) is 14.6. The number of ether oxygens (including phenoxy) is 1. The first-order chi connectivity index (χ1) is 9.84. The Morgan fingerprint density at radius 3 is 2.38 bits per heavy atom. The highest BCUT2D eigenvalue weighted by atomic mass is 16.6. The van der Waals surface area contributed by atoms with Crippen LogP contribution in [-0.2, 0) is 14.3 Å². The van der Waals surface area contributed by atoms with Crippen molar-refractivity contribution in [1.29, 1.82) is 0 Å². The molecule has 0 aromatic carbocycles. The first-order valence-electron chi connectivity index (χ1n) is 7.97. The second-order valence-corrected chi connectivity index (χ2v) is 7.73. The second-order valence-electron chi connectivity index (χ2n) is 7.73. The molecule has 4 aliphatic carbocycles. The lowest BCUT2D eigenvalue weighted by molar-refractivity contribution is -0.215. The zero-order valence-electron chi connectivity index (χ0n) is 13.0. The van der Waals surface area contributed by atoms with Gasteiger partial charge in [-0.15, -0.1) is 0 Å². The highest BCUT2D eigenvalue weighted by Crippen LogP contribution is 2.64. The molecule has 4 aliphatic rings. The Morgan fingerprint density at radius 1 is 1.24 bits per heavy atom. The summed E-state index contributed by atoms with van der Waals surface area (Å²) in [5, 5.41) is 2.50. The minimum absolute atomic E-state index is 0.0689. The molecule has 4 nitrogen and oxygen atoms in total. The van der Waals surface area contributed by atoms with Crippen LogP contribution in [-0.4, -0.2) is 24.0 Å². The summed E-state index contributed by atoms with van der Waals surface area (Å²) in [7, 11) is 0. The van der Waals surface area contributed by atoms with Crippen molar-refractivity contribution >= 4 is 11.9 Å². The van der Waals surface area contributed by atoms with Gasteiger partial charge in [-0.2, -0.15) is 0 Å². The second kappa shape index (κ2) is 4.85. The van der Waals surface area contributed by atoms with E-state index in [2.05, 4.69) is 25.7 Å². The monoisotopic (exact) mass is 291 g/mol. The van der Waals surface area contributed by atoms with E-state index in [1.54, 1.807) is 0 Å². The number of rotatable bonds is 4. The third-order valence-electron chi connectivity index (χ3n) is 6.04. The smallest absolute Gasteiger partial charge is 0.325 e. The van der Waals surface area contributed by atoms with Crippen LogP contribution in [0.2, 0.25) is 0 Å². The number of hydrogen-bond acceptors (Lipinski definition) is 3. The Morgan fingerprint density at radius 2 is 1.86 bits per heavy atom. The first-order valence-corrected chi connectivity index (χ1v) is 7.97. The summed E-state index contributed by atoms with van der Waals surface area (Å²) >= 11 is 0. The fraction of sp³-hybridized carbons (Fsp3) is 0.765. The lowest BCUT2D eigenvalue weighted by Crippen LogP contribution is -2.61. The van der Waals surface area contributed by atoms with E-state index in [0.717, 1.165) is 5.92 Å². The molecular weight excluding hydrogens is 266 g/mol. The maximum atomic E-state index is 12.1. The van der Waals surface area contributed by atoms with Crippen LogP contribution in [0.3, 0.4) is 0 Å². The van der Waals surface area contributed by atoms with Crippen molar-refractivity contribution in [3.8, 4) is 0 Å². The van der Waals surface area contributed by atoms with Crippen molar-refractivity contribution in [2.45, 2.75) is 51.6 Å². The lowest BCUT2D eigenvalue weighted by atomic mass is 9.45. The standard InChI is InChI=1S/C17H25NO3/c1-4-14(19)18-10-15(20)21-17(3)12-5-11-6-13(17)9-16(2,7-11)8-12/h4,11-13H,1,5-10H2,2-3H3,(H,18,19). The predicted molar refractivity (Wildman–Crippen MR) is 79.4 cm³/mol. The molecule has 2 atom stereocenters. The van der Waals surface area contributed by atoms with E-state index in [0.29, 0.717) is 17.3 Å². The number of carbonyl (C=O) groups excluding carboxylic acids is 2. The molecule has 0 aromatic heterocycles. The number of hydrogen-bond donors (Lipinski definition) is 1. The van der Waals surface area contributed by atoms with Gasteiger partial charge in [0.05, 0.1) is 0 Å². The molecule has 0 aromatic rings. The predicted octanol–water partition coefficient (Wildman–Crippen LogP) is 2.44. The molecule has 4 heteroatoms. The summed E-state index contributed by atoms with van der Waals surface area (Å²) < 4.78 is 5.87. The van der Waals surface area contributed by atoms with Crippen molar-refractivity contribution in [2.75, 3.05) is 6.54 Å². The minimum Gasteiger partial charge on any atom is -0.457 e. The summed E-state index contributed by atoms with van der Waals surface area (Å²) in [6, 6.07) is 0. The molecule has 4 fully saturated rings. The molecule has 0 aliphatic heterocycles. The molecule has 0 saturated heterocycles. The highest BCUT2D eigenvalue weighted by Gasteiger charge is 2.60. The summed E-state index contributed by atoms with van der Waals surface area (Å²) in [4.78, 5) is 23.2. The van der Waals surface area contributed by atoms with Gasteiger partial charge in [0, 0.05) is 0 Å². The van der Waals surface area contributed by atoms with Gasteiger partial charge in [0.15, 0.2) is 0 Å². The third-order valence-corrected chi connectivity index (χ3v) is 6.04. The van der Waals surface area contributed by atoms with Crippen LogP contribution in [0.4, 0.5) is 0 Å². The van der Waals surface area contributed by atoms with Gasteiger partial charge in [0.2, 0.25) is 5.91 Å². The molecule has 4 rings (SSSR count). The molecule has 1 N–H and O–H groups in total. The average molecular weight is 291 g/mol. The van der Waals surface area contributed by atoms with Gasteiger partial charge in [0.1, 0.15) is 12.1 Å². The van der Waals surface area contributed by atoms with Crippen molar-refractivity contribution in [3.63, 3.8) is 0 Å². The van der Waals surface area contributed by atoms with Gasteiger partial charge in [0.25, 0.3) is 0 Å². The Labute approximate surface area is 126 Å². The molecule has 0 heterocycles. The van der Waals surface area contributed by atoms with E-state index >= 15 is 0 Å². The Hall–Kier alpha value is -1.32. The van der Waals surface area contributed by atoms with Crippen molar-refractivity contribution in [1.82, 2.24) is 5.32 Å². The van der Waals surface area contributed by atoms with Crippen molar-refractivity contribution in [2.24, 2.45) is 23.2 Å². The minimum atomic E-state index is -0.341. The van der Waals surface area contributed by atoms with Crippen LogP contribution in [0.25, 0.3) is 0 Å². The third kappa shape index (κ3) is 2.49. The quantitative estimate of drug-likeness (QED) is 0.639. The van der Waals surface area contributed by atoms with Crippen LogP contribution in [0, 0.1) is 23.2 Å². The molecule has 4 bridgehead atoms. The van der Waals surface area contributed by atoms with E-state index in [4.69, 9.17) is 4.74 Å². The fourth-order valence-electron chi connectivity index (χ4n) is 5.26.